The average Bonchev–Trinajstić information content (AvgIpc) is 2.78. The van der Waals surface area contributed by atoms with Crippen LogP contribution in [0.1, 0.15) is 25.7 Å². The summed E-state index contributed by atoms with van der Waals surface area (Å²) in [7, 11) is 1.63. The van der Waals surface area contributed by atoms with Gasteiger partial charge in [-0.3, -0.25) is 9.63 Å². The summed E-state index contributed by atoms with van der Waals surface area (Å²) < 4.78 is 5.90. The van der Waals surface area contributed by atoms with Crippen LogP contribution in [-0.4, -0.2) is 48.7 Å². The predicted octanol–water partition coefficient (Wildman–Crippen LogP) is 3.05. The number of benzene rings is 1. The van der Waals surface area contributed by atoms with Crippen LogP contribution in [0.3, 0.4) is 0 Å². The minimum Gasteiger partial charge on any atom is -0.494 e. The number of carbonyl (C=O) groups excluding carboxylic acids is 1. The van der Waals surface area contributed by atoms with E-state index >= 15 is 0 Å². The fourth-order valence-electron chi connectivity index (χ4n) is 3.78. The number of hydroxylamine groups is 1. The Bertz CT molecular complexity index is 1010. The van der Waals surface area contributed by atoms with Crippen molar-refractivity contribution in [2.75, 3.05) is 31.9 Å². The highest BCUT2D eigenvalue weighted by Gasteiger charge is 2.28. The second-order valence-electron chi connectivity index (χ2n) is 7.43. The molecule has 4 rings (SSSR count). The number of carbonyl (C=O) groups is 1. The Kier molecular flexibility index (Phi) is 6.89. The Labute approximate surface area is 186 Å². The van der Waals surface area contributed by atoms with Gasteiger partial charge in [-0.15, -0.1) is 0 Å². The monoisotopic (exact) mass is 443 g/mol. The maximum atomic E-state index is 12.0. The summed E-state index contributed by atoms with van der Waals surface area (Å²) in [6.45, 7) is 1.59. The Morgan fingerprint density at radius 2 is 2.16 bits per heavy atom. The van der Waals surface area contributed by atoms with Gasteiger partial charge in [-0.25, -0.2) is 15.0 Å². The van der Waals surface area contributed by atoms with E-state index in [1.54, 1.807) is 12.2 Å². The van der Waals surface area contributed by atoms with Gasteiger partial charge in [0.15, 0.2) is 5.82 Å². The van der Waals surface area contributed by atoms with Crippen molar-refractivity contribution >= 4 is 34.2 Å². The number of fused-ring (bicyclic) bond motifs is 2. The highest BCUT2D eigenvalue weighted by atomic mass is 35.5. The van der Waals surface area contributed by atoms with E-state index in [9.17, 15) is 4.79 Å². The SMILES string of the molecule is CON1c2ncnc3ccc(cc23)OCCCNC(=O)CCN/C=C2\C=C(Cl)CCC21. The Balaban J connectivity index is 1.75. The van der Waals surface area contributed by atoms with Crippen molar-refractivity contribution in [1.82, 2.24) is 20.6 Å². The van der Waals surface area contributed by atoms with Crippen LogP contribution in [0.15, 0.2) is 47.4 Å². The number of anilines is 1. The van der Waals surface area contributed by atoms with E-state index < -0.39 is 0 Å². The molecule has 1 aliphatic heterocycles. The number of nitrogens with one attached hydrogen (secondary N) is 2. The second kappa shape index (κ2) is 9.98. The maximum Gasteiger partial charge on any atom is 0.221 e. The highest BCUT2D eigenvalue weighted by Crippen LogP contribution is 2.34. The van der Waals surface area contributed by atoms with E-state index in [-0.39, 0.29) is 11.9 Å². The molecule has 0 saturated heterocycles. The quantitative estimate of drug-likeness (QED) is 0.700. The molecule has 2 aromatic rings. The minimum atomic E-state index is -0.104. The zero-order valence-corrected chi connectivity index (χ0v) is 18.2. The van der Waals surface area contributed by atoms with Gasteiger partial charge in [0, 0.05) is 36.1 Å². The summed E-state index contributed by atoms with van der Waals surface area (Å²) in [6, 6.07) is 5.63. The predicted molar refractivity (Wildman–Crippen MR) is 120 cm³/mol. The lowest BCUT2D eigenvalue weighted by molar-refractivity contribution is -0.120. The van der Waals surface area contributed by atoms with Gasteiger partial charge in [-0.05, 0) is 49.1 Å². The molecule has 1 aromatic carbocycles. The van der Waals surface area contributed by atoms with Crippen LogP contribution < -0.4 is 20.4 Å². The van der Waals surface area contributed by atoms with Gasteiger partial charge in [0.25, 0.3) is 0 Å². The van der Waals surface area contributed by atoms with E-state index in [1.165, 1.54) is 6.33 Å². The first-order valence-corrected chi connectivity index (χ1v) is 10.8. The zero-order valence-electron chi connectivity index (χ0n) is 17.4. The molecule has 164 valence electrons. The van der Waals surface area contributed by atoms with E-state index in [4.69, 9.17) is 21.2 Å². The number of halogens is 1. The summed E-state index contributed by atoms with van der Waals surface area (Å²) in [5, 5.41) is 9.58. The fraction of sp³-hybridized carbons (Fsp3) is 0.409. The first-order chi connectivity index (χ1) is 15.2. The standard InChI is InChI=1S/C22H26ClN5O3/c1-30-28-20-6-3-16(23)11-15(20)13-24-9-7-21(29)25-8-2-10-31-17-4-5-19-18(12-17)22(28)27-14-26-19/h4-5,11-14,20,24H,2-3,6-10H2,1H3,(H,25,29)/b15-13+. The third-order valence-corrected chi connectivity index (χ3v) is 5.61. The van der Waals surface area contributed by atoms with Crippen molar-refractivity contribution in [2.45, 2.75) is 31.7 Å². The molecule has 1 aromatic heterocycles. The van der Waals surface area contributed by atoms with Crippen LogP contribution >= 0.6 is 11.6 Å². The van der Waals surface area contributed by atoms with Gasteiger partial charge in [0.05, 0.1) is 25.3 Å². The van der Waals surface area contributed by atoms with Crippen LogP contribution in [0, 0.1) is 0 Å². The first-order valence-electron chi connectivity index (χ1n) is 10.4. The molecule has 2 aliphatic rings. The zero-order chi connectivity index (χ0) is 21.6. The maximum absolute atomic E-state index is 12.0. The van der Waals surface area contributed by atoms with Crippen molar-refractivity contribution in [3.63, 3.8) is 0 Å². The molecule has 1 unspecified atom stereocenters. The molecule has 2 bridgehead atoms. The van der Waals surface area contributed by atoms with E-state index in [0.717, 1.165) is 46.5 Å². The number of ether oxygens (including phenoxy) is 1. The third kappa shape index (κ3) is 5.08. The molecule has 9 heteroatoms. The first kappa shape index (κ1) is 21.4. The summed E-state index contributed by atoms with van der Waals surface area (Å²) in [4.78, 5) is 26.8. The molecule has 0 radical (unpaired) electrons. The Hall–Kier alpha value is -2.84. The molecule has 31 heavy (non-hydrogen) atoms. The largest absolute Gasteiger partial charge is 0.494 e. The molecule has 1 aliphatic carbocycles. The van der Waals surface area contributed by atoms with Crippen molar-refractivity contribution in [1.29, 1.82) is 0 Å². The Morgan fingerprint density at radius 1 is 1.26 bits per heavy atom. The highest BCUT2D eigenvalue weighted by molar-refractivity contribution is 6.29. The van der Waals surface area contributed by atoms with Gasteiger partial charge in [0.1, 0.15) is 12.1 Å². The number of rotatable bonds is 1. The van der Waals surface area contributed by atoms with Crippen molar-refractivity contribution in [3.05, 3.63) is 47.4 Å². The summed E-state index contributed by atoms with van der Waals surface area (Å²) in [6.07, 6.45) is 7.99. The lowest BCUT2D eigenvalue weighted by atomic mass is 9.96. The van der Waals surface area contributed by atoms with Gasteiger partial charge >= 0.3 is 0 Å². The minimum absolute atomic E-state index is 0.00611. The smallest absolute Gasteiger partial charge is 0.221 e. The Morgan fingerprint density at radius 3 is 3.03 bits per heavy atom. The summed E-state index contributed by atoms with van der Waals surface area (Å²) in [5.41, 5.74) is 1.76. The molecular formula is C22H26ClN5O3. The summed E-state index contributed by atoms with van der Waals surface area (Å²) >= 11 is 6.34. The van der Waals surface area contributed by atoms with E-state index in [2.05, 4.69) is 20.6 Å². The van der Waals surface area contributed by atoms with Gasteiger partial charge in [-0.2, -0.15) is 0 Å². The molecule has 0 spiro atoms. The number of hydrogen-bond donors (Lipinski definition) is 2. The molecule has 0 saturated carbocycles. The second-order valence-corrected chi connectivity index (χ2v) is 7.92. The van der Waals surface area contributed by atoms with Crippen molar-refractivity contribution < 1.29 is 14.4 Å². The molecule has 2 N–H and O–H groups in total. The number of hydrogen-bond acceptors (Lipinski definition) is 7. The van der Waals surface area contributed by atoms with Crippen LogP contribution in [0.4, 0.5) is 5.82 Å². The normalized spacial score (nSPS) is 22.3. The van der Waals surface area contributed by atoms with E-state index in [1.807, 2.05) is 30.5 Å². The molecule has 8 nitrogen and oxygen atoms in total. The van der Waals surface area contributed by atoms with Gasteiger partial charge in [-0.1, -0.05) is 11.6 Å². The van der Waals surface area contributed by atoms with Crippen LogP contribution in [-0.2, 0) is 9.63 Å². The van der Waals surface area contributed by atoms with Gasteiger partial charge in [0.2, 0.25) is 5.91 Å². The van der Waals surface area contributed by atoms with Crippen molar-refractivity contribution in [2.24, 2.45) is 0 Å². The molecular weight excluding hydrogens is 418 g/mol. The number of aromatic nitrogens is 2. The molecule has 2 heterocycles. The van der Waals surface area contributed by atoms with Crippen LogP contribution in [0.5, 0.6) is 5.75 Å². The number of amides is 1. The van der Waals surface area contributed by atoms with Crippen molar-refractivity contribution in [3.8, 4) is 5.75 Å². The molecule has 1 amide bonds. The van der Waals surface area contributed by atoms with E-state index in [0.29, 0.717) is 31.9 Å². The summed E-state index contributed by atoms with van der Waals surface area (Å²) in [5.74, 6) is 1.40. The molecule has 0 fully saturated rings. The van der Waals surface area contributed by atoms with Gasteiger partial charge < -0.3 is 15.4 Å². The van der Waals surface area contributed by atoms with Crippen LogP contribution in [0.25, 0.3) is 10.9 Å². The number of nitrogens with zero attached hydrogens (tertiary/aromatic N) is 3. The van der Waals surface area contributed by atoms with Crippen LogP contribution in [0.2, 0.25) is 0 Å². The molecule has 1 atom stereocenters. The average molecular weight is 444 g/mol. The lowest BCUT2D eigenvalue weighted by Crippen LogP contribution is -2.38. The topological polar surface area (TPSA) is 88.6 Å². The fourth-order valence-corrected chi connectivity index (χ4v) is 4.02. The third-order valence-electron chi connectivity index (χ3n) is 5.32. The number of allylic oxidation sites excluding steroid dienone is 1. The lowest BCUT2D eigenvalue weighted by Gasteiger charge is -2.34.